The first kappa shape index (κ1) is 39.7. The molecular weight excluding hydrogens is 730 g/mol. The van der Waals surface area contributed by atoms with Crippen molar-refractivity contribution in [2.24, 2.45) is 0 Å². The van der Waals surface area contributed by atoms with Crippen molar-refractivity contribution in [2.45, 2.75) is 45.2 Å². The number of hydrogen-bond acceptors (Lipinski definition) is 11. The molecule has 2 unspecified atom stereocenters. The van der Waals surface area contributed by atoms with Crippen LogP contribution < -0.4 is 14.5 Å². The number of methoxy groups -OCH3 is 1. The summed E-state index contributed by atoms with van der Waals surface area (Å²) in [5, 5.41) is 24.9. The molecule has 0 spiro atoms. The highest BCUT2D eigenvalue weighted by atomic mass is 16.6. The van der Waals surface area contributed by atoms with Crippen molar-refractivity contribution < 1.29 is 33.5 Å². The second-order valence-corrected chi connectivity index (χ2v) is 13.9. The summed E-state index contributed by atoms with van der Waals surface area (Å²) in [7, 11) is 1.63. The molecule has 4 aromatic rings. The first-order valence-electron chi connectivity index (χ1n) is 19.5. The van der Waals surface area contributed by atoms with E-state index >= 15 is 0 Å². The summed E-state index contributed by atoms with van der Waals surface area (Å²) in [6, 6.07) is 20.2. The molecule has 1 aromatic heterocycles. The molecule has 0 saturated heterocycles. The first-order chi connectivity index (χ1) is 27.8. The number of fused-ring (bicyclic) bond motifs is 6. The topological polar surface area (TPSA) is 144 Å². The van der Waals surface area contributed by atoms with Gasteiger partial charge >= 0.3 is 0 Å². The lowest BCUT2D eigenvalue weighted by atomic mass is 9.90. The van der Waals surface area contributed by atoms with Gasteiger partial charge in [-0.3, -0.25) is 20.2 Å². The van der Waals surface area contributed by atoms with Crippen molar-refractivity contribution in [3.63, 3.8) is 0 Å². The van der Waals surface area contributed by atoms with E-state index in [1.54, 1.807) is 25.3 Å². The van der Waals surface area contributed by atoms with Crippen LogP contribution in [0.1, 0.15) is 43.0 Å². The molecule has 0 amide bonds. The number of aromatic nitrogens is 1. The fourth-order valence-corrected chi connectivity index (χ4v) is 8.09. The van der Waals surface area contributed by atoms with Gasteiger partial charge in [-0.2, -0.15) is 0 Å². The Bertz CT molecular complexity index is 2180. The summed E-state index contributed by atoms with van der Waals surface area (Å²) in [5.41, 5.74) is 7.64. The smallest absolute Gasteiger partial charge is 0.265 e. The summed E-state index contributed by atoms with van der Waals surface area (Å²) in [4.78, 5) is 27.8. The standard InChI is InChI=1S/C43H49N5O9/c1-4-54-22-24-56-20-18-44-40-14-8-31(26-36(40)38-28-33(47(49)50)10-16-42(38)44)46(30-6-12-35(53-3)13-7-30)32-9-15-41-37(27-32)39-29-34(48(51)52)11-17-43(39)45(41)19-21-57-25-23-55-5-2/h6-10,12-16,26-29,38,42H,4-5,11,17-25H2,1-3H3. The normalized spacial score (nSPS) is 16.9. The highest BCUT2D eigenvalue weighted by Crippen LogP contribution is 2.48. The molecule has 7 rings (SSSR count). The van der Waals surface area contributed by atoms with Gasteiger partial charge in [-0.15, -0.1) is 0 Å². The lowest BCUT2D eigenvalue weighted by Gasteiger charge is -2.28. The molecule has 2 atom stereocenters. The van der Waals surface area contributed by atoms with Crippen molar-refractivity contribution >= 4 is 39.7 Å². The summed E-state index contributed by atoms with van der Waals surface area (Å²) in [6.07, 6.45) is 7.87. The van der Waals surface area contributed by atoms with Gasteiger partial charge in [0.2, 0.25) is 5.70 Å². The molecule has 57 heavy (non-hydrogen) atoms. The van der Waals surface area contributed by atoms with Gasteiger partial charge in [-0.1, -0.05) is 6.08 Å². The fourth-order valence-electron chi connectivity index (χ4n) is 8.09. The molecule has 14 heteroatoms. The molecule has 0 N–H and O–H groups in total. The molecule has 0 bridgehead atoms. The zero-order valence-electron chi connectivity index (χ0n) is 32.6. The number of rotatable bonds is 20. The number of ether oxygens (including phenoxy) is 5. The highest BCUT2D eigenvalue weighted by Gasteiger charge is 2.39. The van der Waals surface area contributed by atoms with Crippen molar-refractivity contribution in [3.8, 4) is 5.75 Å². The van der Waals surface area contributed by atoms with E-state index < -0.39 is 0 Å². The van der Waals surface area contributed by atoms with Gasteiger partial charge in [0.05, 0.1) is 62.6 Å². The average Bonchev–Trinajstić information content (AvgIpc) is 3.71. The Morgan fingerprint density at radius 2 is 1.44 bits per heavy atom. The Morgan fingerprint density at radius 1 is 0.772 bits per heavy atom. The van der Waals surface area contributed by atoms with Crippen molar-refractivity contribution in [1.29, 1.82) is 0 Å². The number of anilines is 4. The summed E-state index contributed by atoms with van der Waals surface area (Å²) in [5.74, 6) is 0.458. The summed E-state index contributed by atoms with van der Waals surface area (Å²) in [6.45, 7) is 9.34. The second-order valence-electron chi connectivity index (χ2n) is 13.9. The van der Waals surface area contributed by atoms with Gasteiger partial charge in [0.25, 0.3) is 5.70 Å². The zero-order valence-corrected chi connectivity index (χ0v) is 32.6. The molecule has 0 fully saturated rings. The Hall–Kier alpha value is -5.54. The van der Waals surface area contributed by atoms with Gasteiger partial charge in [-0.25, -0.2) is 0 Å². The quantitative estimate of drug-likeness (QED) is 0.0493. The van der Waals surface area contributed by atoms with E-state index in [1.807, 2.05) is 44.2 Å². The van der Waals surface area contributed by atoms with E-state index in [2.05, 4.69) is 50.8 Å². The third-order valence-corrected chi connectivity index (χ3v) is 10.7. The molecule has 14 nitrogen and oxygen atoms in total. The van der Waals surface area contributed by atoms with Crippen molar-refractivity contribution in [3.05, 3.63) is 127 Å². The third kappa shape index (κ3) is 8.44. The lowest BCUT2D eigenvalue weighted by Crippen LogP contribution is -2.36. The van der Waals surface area contributed by atoms with Crippen LogP contribution >= 0.6 is 0 Å². The van der Waals surface area contributed by atoms with E-state index in [9.17, 15) is 20.2 Å². The van der Waals surface area contributed by atoms with Gasteiger partial charge < -0.3 is 38.1 Å². The lowest BCUT2D eigenvalue weighted by molar-refractivity contribution is -0.426. The highest BCUT2D eigenvalue weighted by molar-refractivity contribution is 5.96. The first-order valence-corrected chi connectivity index (χ1v) is 19.5. The van der Waals surface area contributed by atoms with Gasteiger partial charge in [0, 0.05) is 102 Å². The molecule has 2 aliphatic carbocycles. The number of allylic oxidation sites excluding steroid dienone is 2. The minimum atomic E-state index is -0.340. The van der Waals surface area contributed by atoms with Crippen LogP contribution in [-0.2, 0) is 31.9 Å². The molecule has 3 aromatic carbocycles. The minimum absolute atomic E-state index is 0.0657. The number of hydrogen-bond donors (Lipinski definition) is 0. The minimum Gasteiger partial charge on any atom is -0.497 e. The number of nitro groups is 2. The Kier molecular flexibility index (Phi) is 12.6. The van der Waals surface area contributed by atoms with Crippen LogP contribution in [0.5, 0.6) is 5.75 Å². The van der Waals surface area contributed by atoms with E-state index in [0.717, 1.165) is 50.5 Å². The van der Waals surface area contributed by atoms with Gasteiger partial charge in [0.15, 0.2) is 0 Å². The number of nitrogens with zero attached hydrogens (tertiary/aromatic N) is 5. The maximum atomic E-state index is 12.0. The Morgan fingerprint density at radius 3 is 2.12 bits per heavy atom. The zero-order chi connectivity index (χ0) is 39.9. The van der Waals surface area contributed by atoms with Crippen LogP contribution in [0.4, 0.5) is 22.7 Å². The van der Waals surface area contributed by atoms with E-state index in [-0.39, 0.29) is 33.2 Å². The fraction of sp³-hybridized carbons (Fsp3) is 0.395. The monoisotopic (exact) mass is 779 g/mol. The SMILES string of the molecule is CCOCCOCCN1c2ccc(N(c3ccc(OC)cc3)c3ccc4c(c3)c3c(n4CCOCCOCC)CCC([N+](=O)[O-])=C3)cc2C2C=C([N+](=O)[O-])C=CC21. The molecule has 0 saturated carbocycles. The Labute approximate surface area is 331 Å². The van der Waals surface area contributed by atoms with Gasteiger partial charge in [0.1, 0.15) is 5.75 Å². The molecule has 3 aliphatic rings. The van der Waals surface area contributed by atoms with E-state index in [4.69, 9.17) is 23.7 Å². The summed E-state index contributed by atoms with van der Waals surface area (Å²) < 4.78 is 30.4. The molecule has 2 heterocycles. The van der Waals surface area contributed by atoms with Crippen molar-refractivity contribution in [2.75, 3.05) is 76.3 Å². The van der Waals surface area contributed by atoms with Crippen LogP contribution in [0.2, 0.25) is 0 Å². The van der Waals surface area contributed by atoms with Gasteiger partial charge in [-0.05, 0) is 86.5 Å². The van der Waals surface area contributed by atoms with Crippen LogP contribution in [0, 0.1) is 20.2 Å². The molecular formula is C43H49N5O9. The van der Waals surface area contributed by atoms with E-state index in [1.165, 1.54) is 0 Å². The third-order valence-electron chi connectivity index (χ3n) is 10.7. The van der Waals surface area contributed by atoms with Crippen LogP contribution in [0.25, 0.3) is 17.0 Å². The van der Waals surface area contributed by atoms with E-state index in [0.29, 0.717) is 84.5 Å². The second kappa shape index (κ2) is 18.2. The molecule has 1 aliphatic heterocycles. The molecule has 300 valence electrons. The van der Waals surface area contributed by atoms with Crippen LogP contribution in [0.3, 0.4) is 0 Å². The number of benzene rings is 3. The average molecular weight is 780 g/mol. The van der Waals surface area contributed by atoms with Crippen LogP contribution in [0.15, 0.2) is 90.3 Å². The largest absolute Gasteiger partial charge is 0.497 e. The maximum Gasteiger partial charge on any atom is 0.265 e. The predicted molar refractivity (Wildman–Crippen MR) is 219 cm³/mol. The maximum absolute atomic E-state index is 12.0. The molecule has 0 radical (unpaired) electrons. The Balaban J connectivity index is 1.30. The van der Waals surface area contributed by atoms with Crippen molar-refractivity contribution in [1.82, 2.24) is 4.57 Å². The summed E-state index contributed by atoms with van der Waals surface area (Å²) >= 11 is 0. The predicted octanol–water partition coefficient (Wildman–Crippen LogP) is 7.79. The van der Waals surface area contributed by atoms with Crippen LogP contribution in [-0.4, -0.2) is 87.0 Å².